The van der Waals surface area contributed by atoms with E-state index in [2.05, 4.69) is 10.6 Å². The van der Waals surface area contributed by atoms with Crippen molar-refractivity contribution in [2.45, 2.75) is 39.2 Å². The molecule has 0 aliphatic carbocycles. The summed E-state index contributed by atoms with van der Waals surface area (Å²) in [6.07, 6.45) is 1.83. The standard InChI is InChI=1S/C16H24N2O2.ClH/c1-16(2,3)20-14-6-4-13(5-7-14)18-15(19)12-8-10-17-11-9-12;/h4-7,12,17H,8-11H2,1-3H3,(H,18,19);1H. The summed E-state index contributed by atoms with van der Waals surface area (Å²) in [4.78, 5) is 12.1. The Morgan fingerprint density at radius 1 is 1.19 bits per heavy atom. The van der Waals surface area contributed by atoms with Crippen LogP contribution in [0.5, 0.6) is 5.75 Å². The molecule has 1 aliphatic heterocycles. The van der Waals surface area contributed by atoms with Crippen LogP contribution in [0.3, 0.4) is 0 Å². The van der Waals surface area contributed by atoms with Crippen molar-refractivity contribution in [1.82, 2.24) is 5.32 Å². The van der Waals surface area contributed by atoms with E-state index in [9.17, 15) is 4.79 Å². The average molecular weight is 313 g/mol. The smallest absolute Gasteiger partial charge is 0.227 e. The summed E-state index contributed by atoms with van der Waals surface area (Å²) in [6, 6.07) is 7.56. The zero-order chi connectivity index (χ0) is 14.6. The number of carbonyl (C=O) groups is 1. The fourth-order valence-electron chi connectivity index (χ4n) is 2.29. The first kappa shape index (κ1) is 17.8. The fraction of sp³-hybridized carbons (Fsp3) is 0.562. The van der Waals surface area contributed by atoms with Crippen molar-refractivity contribution in [3.8, 4) is 5.75 Å². The van der Waals surface area contributed by atoms with Crippen LogP contribution in [0.2, 0.25) is 0 Å². The molecule has 1 fully saturated rings. The molecule has 0 spiro atoms. The van der Waals surface area contributed by atoms with Crippen molar-refractivity contribution in [2.24, 2.45) is 5.92 Å². The van der Waals surface area contributed by atoms with Gasteiger partial charge in [0.15, 0.2) is 0 Å². The van der Waals surface area contributed by atoms with Gasteiger partial charge in [-0.05, 0) is 71.0 Å². The van der Waals surface area contributed by atoms with Crippen LogP contribution in [-0.2, 0) is 4.79 Å². The van der Waals surface area contributed by atoms with Gasteiger partial charge in [-0.2, -0.15) is 0 Å². The van der Waals surface area contributed by atoms with Crippen molar-refractivity contribution >= 4 is 24.0 Å². The Hall–Kier alpha value is -1.26. The van der Waals surface area contributed by atoms with Crippen LogP contribution in [0.25, 0.3) is 0 Å². The van der Waals surface area contributed by atoms with Crippen LogP contribution in [0.4, 0.5) is 5.69 Å². The van der Waals surface area contributed by atoms with E-state index in [1.165, 1.54) is 0 Å². The van der Waals surface area contributed by atoms with Gasteiger partial charge in [0.05, 0.1) is 0 Å². The molecule has 0 unspecified atom stereocenters. The maximum absolute atomic E-state index is 12.1. The number of nitrogens with one attached hydrogen (secondary N) is 2. The van der Waals surface area contributed by atoms with Crippen LogP contribution in [0, 0.1) is 5.92 Å². The Morgan fingerprint density at radius 2 is 1.76 bits per heavy atom. The van der Waals surface area contributed by atoms with Crippen molar-refractivity contribution in [3.63, 3.8) is 0 Å². The number of amides is 1. The van der Waals surface area contributed by atoms with E-state index in [0.29, 0.717) is 0 Å². The monoisotopic (exact) mass is 312 g/mol. The number of piperidine rings is 1. The molecule has 4 nitrogen and oxygen atoms in total. The lowest BCUT2D eigenvalue weighted by molar-refractivity contribution is -0.120. The summed E-state index contributed by atoms with van der Waals surface area (Å²) in [7, 11) is 0. The number of carbonyl (C=O) groups excluding carboxylic acids is 1. The van der Waals surface area contributed by atoms with Crippen LogP contribution in [-0.4, -0.2) is 24.6 Å². The summed E-state index contributed by atoms with van der Waals surface area (Å²) < 4.78 is 5.76. The highest BCUT2D eigenvalue weighted by molar-refractivity contribution is 5.92. The second-order valence-electron chi connectivity index (χ2n) is 6.25. The molecule has 1 aromatic carbocycles. The maximum atomic E-state index is 12.1. The Kier molecular flexibility index (Phi) is 6.49. The molecule has 0 aromatic heterocycles. The van der Waals surface area contributed by atoms with Crippen LogP contribution in [0.1, 0.15) is 33.6 Å². The molecule has 21 heavy (non-hydrogen) atoms. The molecule has 5 heteroatoms. The molecule has 1 amide bonds. The molecule has 2 N–H and O–H groups in total. The molecule has 0 saturated carbocycles. The minimum absolute atomic E-state index is 0. The van der Waals surface area contributed by atoms with Gasteiger partial charge < -0.3 is 15.4 Å². The third-order valence-electron chi connectivity index (χ3n) is 3.26. The van der Waals surface area contributed by atoms with Gasteiger partial charge in [-0.25, -0.2) is 0 Å². The van der Waals surface area contributed by atoms with Crippen LogP contribution >= 0.6 is 12.4 Å². The van der Waals surface area contributed by atoms with E-state index >= 15 is 0 Å². The lowest BCUT2D eigenvalue weighted by Gasteiger charge is -2.22. The minimum atomic E-state index is -0.208. The third kappa shape index (κ3) is 5.94. The molecule has 0 radical (unpaired) electrons. The highest BCUT2D eigenvalue weighted by Crippen LogP contribution is 2.21. The normalized spacial score (nSPS) is 16.0. The topological polar surface area (TPSA) is 50.4 Å². The van der Waals surface area contributed by atoms with E-state index < -0.39 is 0 Å². The zero-order valence-electron chi connectivity index (χ0n) is 12.9. The molecule has 0 atom stereocenters. The van der Waals surface area contributed by atoms with Crippen LogP contribution in [0.15, 0.2) is 24.3 Å². The Morgan fingerprint density at radius 3 is 2.29 bits per heavy atom. The third-order valence-corrected chi connectivity index (χ3v) is 3.26. The highest BCUT2D eigenvalue weighted by Gasteiger charge is 2.20. The molecule has 1 saturated heterocycles. The average Bonchev–Trinajstić information content (AvgIpc) is 2.40. The van der Waals surface area contributed by atoms with E-state index in [-0.39, 0.29) is 29.8 Å². The van der Waals surface area contributed by atoms with Gasteiger partial charge in [-0.15, -0.1) is 12.4 Å². The first-order chi connectivity index (χ1) is 9.44. The summed E-state index contributed by atoms with van der Waals surface area (Å²) in [6.45, 7) is 7.90. The lowest BCUT2D eigenvalue weighted by Crippen LogP contribution is -2.34. The number of hydrogen-bond donors (Lipinski definition) is 2. The SMILES string of the molecule is CC(C)(C)Oc1ccc(NC(=O)C2CCNCC2)cc1.Cl. The molecule has 0 bridgehead atoms. The maximum Gasteiger partial charge on any atom is 0.227 e. The van der Waals surface area contributed by atoms with Crippen molar-refractivity contribution in [3.05, 3.63) is 24.3 Å². The molecular weight excluding hydrogens is 288 g/mol. The number of hydrogen-bond acceptors (Lipinski definition) is 3. The highest BCUT2D eigenvalue weighted by atomic mass is 35.5. The number of halogens is 1. The first-order valence-corrected chi connectivity index (χ1v) is 7.25. The molecule has 1 heterocycles. The van der Waals surface area contributed by atoms with Gasteiger partial charge in [0, 0.05) is 11.6 Å². The molecule has 1 aliphatic rings. The quantitative estimate of drug-likeness (QED) is 0.901. The molecule has 1 aromatic rings. The van der Waals surface area contributed by atoms with Crippen molar-refractivity contribution in [1.29, 1.82) is 0 Å². The number of ether oxygens (including phenoxy) is 1. The second-order valence-corrected chi connectivity index (χ2v) is 6.25. The minimum Gasteiger partial charge on any atom is -0.488 e. The predicted molar refractivity (Wildman–Crippen MR) is 88.3 cm³/mol. The molecule has 118 valence electrons. The van der Waals surface area contributed by atoms with Gasteiger partial charge in [0.2, 0.25) is 5.91 Å². The van der Waals surface area contributed by atoms with Gasteiger partial charge in [-0.1, -0.05) is 0 Å². The van der Waals surface area contributed by atoms with Crippen LogP contribution < -0.4 is 15.4 Å². The fourth-order valence-corrected chi connectivity index (χ4v) is 2.29. The predicted octanol–water partition coefficient (Wildman–Crippen LogP) is 3.22. The van der Waals surface area contributed by atoms with E-state index in [1.807, 2.05) is 45.0 Å². The van der Waals surface area contributed by atoms with E-state index in [0.717, 1.165) is 37.4 Å². The van der Waals surface area contributed by atoms with Gasteiger partial charge in [-0.3, -0.25) is 4.79 Å². The summed E-state index contributed by atoms with van der Waals surface area (Å²) in [5.74, 6) is 1.06. The molecular formula is C16H25ClN2O2. The second kappa shape index (κ2) is 7.66. The lowest BCUT2D eigenvalue weighted by atomic mass is 9.97. The number of benzene rings is 1. The van der Waals surface area contributed by atoms with E-state index in [1.54, 1.807) is 0 Å². The number of anilines is 1. The molecule has 2 rings (SSSR count). The number of rotatable bonds is 3. The Bertz CT molecular complexity index is 448. The Labute approximate surface area is 133 Å². The largest absolute Gasteiger partial charge is 0.488 e. The first-order valence-electron chi connectivity index (χ1n) is 7.25. The van der Waals surface area contributed by atoms with Gasteiger partial charge in [0.1, 0.15) is 11.4 Å². The Balaban J connectivity index is 0.00000220. The summed E-state index contributed by atoms with van der Waals surface area (Å²) >= 11 is 0. The van der Waals surface area contributed by atoms with Gasteiger partial charge >= 0.3 is 0 Å². The van der Waals surface area contributed by atoms with Crippen molar-refractivity contribution in [2.75, 3.05) is 18.4 Å². The van der Waals surface area contributed by atoms with Gasteiger partial charge in [0.25, 0.3) is 0 Å². The summed E-state index contributed by atoms with van der Waals surface area (Å²) in [5.41, 5.74) is 0.620. The zero-order valence-corrected chi connectivity index (χ0v) is 13.8. The van der Waals surface area contributed by atoms with E-state index in [4.69, 9.17) is 4.74 Å². The van der Waals surface area contributed by atoms with Crippen molar-refractivity contribution < 1.29 is 9.53 Å². The summed E-state index contributed by atoms with van der Waals surface area (Å²) in [5, 5.41) is 6.25.